The van der Waals surface area contributed by atoms with Gasteiger partial charge in [-0.15, -0.1) is 0 Å². The molecule has 0 aliphatic carbocycles. The molecule has 1 unspecified atom stereocenters. The zero-order valence-corrected chi connectivity index (χ0v) is 11.8. The van der Waals surface area contributed by atoms with E-state index < -0.39 is 0 Å². The Balaban J connectivity index is 1.80. The number of H-pyrrole nitrogens is 1. The molecule has 0 aliphatic rings. The molecule has 6 heteroatoms. The maximum absolute atomic E-state index is 12.1. The summed E-state index contributed by atoms with van der Waals surface area (Å²) in [5.41, 5.74) is 3.50. The first-order valence-corrected chi connectivity index (χ1v) is 6.67. The highest BCUT2D eigenvalue weighted by Crippen LogP contribution is 2.17. The SMILES string of the molecule is Cc1ccc2nc(C(C)NC(=O)c3ccnnc3)[nH]c2c1. The lowest BCUT2D eigenvalue weighted by atomic mass is 10.2. The van der Waals surface area contributed by atoms with E-state index in [-0.39, 0.29) is 11.9 Å². The van der Waals surface area contributed by atoms with Gasteiger partial charge in [0.2, 0.25) is 0 Å². The Morgan fingerprint density at radius 2 is 2.14 bits per heavy atom. The second-order valence-corrected chi connectivity index (χ2v) is 4.97. The van der Waals surface area contributed by atoms with Gasteiger partial charge in [-0.1, -0.05) is 6.07 Å². The summed E-state index contributed by atoms with van der Waals surface area (Å²) < 4.78 is 0. The molecular weight excluding hydrogens is 266 g/mol. The Kier molecular flexibility index (Phi) is 3.35. The molecule has 1 amide bonds. The van der Waals surface area contributed by atoms with E-state index in [1.54, 1.807) is 6.07 Å². The molecule has 21 heavy (non-hydrogen) atoms. The highest BCUT2D eigenvalue weighted by Gasteiger charge is 2.15. The van der Waals surface area contributed by atoms with Crippen LogP contribution in [0.5, 0.6) is 0 Å². The summed E-state index contributed by atoms with van der Waals surface area (Å²) in [6.07, 6.45) is 2.92. The zero-order valence-electron chi connectivity index (χ0n) is 11.8. The van der Waals surface area contributed by atoms with Crippen LogP contribution in [-0.4, -0.2) is 26.1 Å². The van der Waals surface area contributed by atoms with Crippen LogP contribution in [0.15, 0.2) is 36.7 Å². The van der Waals surface area contributed by atoms with Crippen LogP contribution in [-0.2, 0) is 0 Å². The number of carbonyl (C=O) groups excluding carboxylic acids is 1. The Morgan fingerprint density at radius 1 is 1.29 bits per heavy atom. The number of hydrogen-bond donors (Lipinski definition) is 2. The van der Waals surface area contributed by atoms with E-state index in [1.165, 1.54) is 12.4 Å². The van der Waals surface area contributed by atoms with Gasteiger partial charge >= 0.3 is 0 Å². The van der Waals surface area contributed by atoms with Crippen LogP contribution in [0.1, 0.15) is 34.7 Å². The highest BCUT2D eigenvalue weighted by molar-refractivity contribution is 5.94. The molecule has 0 fully saturated rings. The summed E-state index contributed by atoms with van der Waals surface area (Å²) in [4.78, 5) is 19.8. The fraction of sp³-hybridized carbons (Fsp3) is 0.200. The molecule has 0 bridgehead atoms. The van der Waals surface area contributed by atoms with Crippen molar-refractivity contribution in [2.24, 2.45) is 0 Å². The first-order chi connectivity index (χ1) is 10.1. The van der Waals surface area contributed by atoms with E-state index in [9.17, 15) is 4.79 Å². The van der Waals surface area contributed by atoms with Gasteiger partial charge in [0.25, 0.3) is 5.91 Å². The van der Waals surface area contributed by atoms with Crippen molar-refractivity contribution in [1.29, 1.82) is 0 Å². The van der Waals surface area contributed by atoms with E-state index in [0.717, 1.165) is 22.4 Å². The first kappa shape index (κ1) is 13.2. The maximum Gasteiger partial charge on any atom is 0.253 e. The number of imidazole rings is 1. The van der Waals surface area contributed by atoms with Crippen molar-refractivity contribution in [1.82, 2.24) is 25.5 Å². The number of nitrogens with zero attached hydrogens (tertiary/aromatic N) is 3. The number of benzene rings is 1. The quantitative estimate of drug-likeness (QED) is 0.770. The van der Waals surface area contributed by atoms with Gasteiger partial charge in [0.1, 0.15) is 5.82 Å². The second-order valence-electron chi connectivity index (χ2n) is 4.97. The molecule has 1 aromatic carbocycles. The number of carbonyl (C=O) groups is 1. The van der Waals surface area contributed by atoms with Crippen LogP contribution in [0, 0.1) is 6.92 Å². The van der Waals surface area contributed by atoms with Gasteiger partial charge in [-0.3, -0.25) is 4.79 Å². The minimum absolute atomic E-state index is 0.200. The van der Waals surface area contributed by atoms with Gasteiger partial charge < -0.3 is 10.3 Å². The molecule has 0 aliphatic heterocycles. The summed E-state index contributed by atoms with van der Waals surface area (Å²) in [5, 5.41) is 10.2. The van der Waals surface area contributed by atoms with Crippen molar-refractivity contribution in [3.05, 3.63) is 53.6 Å². The summed E-state index contributed by atoms with van der Waals surface area (Å²) in [7, 11) is 0. The highest BCUT2D eigenvalue weighted by atomic mass is 16.1. The van der Waals surface area contributed by atoms with Crippen molar-refractivity contribution in [3.63, 3.8) is 0 Å². The molecule has 106 valence electrons. The number of aromatic amines is 1. The van der Waals surface area contributed by atoms with Crippen molar-refractivity contribution in [2.45, 2.75) is 19.9 Å². The predicted molar refractivity (Wildman–Crippen MR) is 78.7 cm³/mol. The molecular formula is C15H15N5O. The standard InChI is InChI=1S/C15H15N5O/c1-9-3-4-12-13(7-9)20-14(19-12)10(2)18-15(21)11-5-6-16-17-8-11/h3-8,10H,1-2H3,(H,18,21)(H,19,20). The number of amides is 1. The normalized spacial score (nSPS) is 12.3. The molecule has 3 aromatic rings. The van der Waals surface area contributed by atoms with Gasteiger partial charge in [-0.25, -0.2) is 4.98 Å². The average molecular weight is 281 g/mol. The zero-order chi connectivity index (χ0) is 14.8. The Morgan fingerprint density at radius 3 is 2.90 bits per heavy atom. The summed E-state index contributed by atoms with van der Waals surface area (Å²) in [6.45, 7) is 3.92. The lowest BCUT2D eigenvalue weighted by Crippen LogP contribution is -2.27. The molecule has 3 rings (SSSR count). The molecule has 0 saturated carbocycles. The lowest BCUT2D eigenvalue weighted by Gasteiger charge is -2.10. The summed E-state index contributed by atoms with van der Waals surface area (Å²) in [5.74, 6) is 0.528. The van der Waals surface area contributed by atoms with Crippen molar-refractivity contribution in [2.75, 3.05) is 0 Å². The number of hydrogen-bond acceptors (Lipinski definition) is 4. The molecule has 0 spiro atoms. The van der Waals surface area contributed by atoms with Crippen LogP contribution in [0.25, 0.3) is 11.0 Å². The van der Waals surface area contributed by atoms with Crippen LogP contribution in [0.4, 0.5) is 0 Å². The number of nitrogens with one attached hydrogen (secondary N) is 2. The Hall–Kier alpha value is -2.76. The van der Waals surface area contributed by atoms with Crippen LogP contribution in [0.2, 0.25) is 0 Å². The van der Waals surface area contributed by atoms with Gasteiger partial charge in [0, 0.05) is 0 Å². The first-order valence-electron chi connectivity index (χ1n) is 6.67. The van der Waals surface area contributed by atoms with Gasteiger partial charge in [0.15, 0.2) is 0 Å². The predicted octanol–water partition coefficient (Wildman–Crippen LogP) is 2.15. The van der Waals surface area contributed by atoms with E-state index in [4.69, 9.17) is 0 Å². The molecule has 2 aromatic heterocycles. The fourth-order valence-corrected chi connectivity index (χ4v) is 2.12. The minimum Gasteiger partial charge on any atom is -0.342 e. The monoisotopic (exact) mass is 281 g/mol. The Labute approximate surface area is 121 Å². The smallest absolute Gasteiger partial charge is 0.253 e. The molecule has 0 saturated heterocycles. The topological polar surface area (TPSA) is 83.6 Å². The maximum atomic E-state index is 12.1. The summed E-state index contributed by atoms with van der Waals surface area (Å²) >= 11 is 0. The largest absolute Gasteiger partial charge is 0.342 e. The number of aromatic nitrogens is 4. The molecule has 6 nitrogen and oxygen atoms in total. The lowest BCUT2D eigenvalue weighted by molar-refractivity contribution is 0.0938. The third kappa shape index (κ3) is 2.74. The van der Waals surface area contributed by atoms with Crippen molar-refractivity contribution < 1.29 is 4.79 Å². The van der Waals surface area contributed by atoms with E-state index in [1.807, 2.05) is 32.0 Å². The van der Waals surface area contributed by atoms with E-state index in [2.05, 4.69) is 25.5 Å². The van der Waals surface area contributed by atoms with Crippen LogP contribution in [0.3, 0.4) is 0 Å². The summed E-state index contributed by atoms with van der Waals surface area (Å²) in [6, 6.07) is 7.41. The molecule has 2 N–H and O–H groups in total. The minimum atomic E-state index is -0.224. The molecule has 1 atom stereocenters. The van der Waals surface area contributed by atoms with Gasteiger partial charge in [0.05, 0.1) is 35.0 Å². The average Bonchev–Trinajstić information content (AvgIpc) is 2.91. The van der Waals surface area contributed by atoms with Crippen LogP contribution < -0.4 is 5.32 Å². The molecule has 0 radical (unpaired) electrons. The van der Waals surface area contributed by atoms with Crippen molar-refractivity contribution >= 4 is 16.9 Å². The van der Waals surface area contributed by atoms with Crippen molar-refractivity contribution in [3.8, 4) is 0 Å². The van der Waals surface area contributed by atoms with Gasteiger partial charge in [-0.2, -0.15) is 10.2 Å². The van der Waals surface area contributed by atoms with E-state index >= 15 is 0 Å². The van der Waals surface area contributed by atoms with E-state index in [0.29, 0.717) is 5.56 Å². The third-order valence-corrected chi connectivity index (χ3v) is 3.26. The number of rotatable bonds is 3. The number of aryl methyl sites for hydroxylation is 1. The third-order valence-electron chi connectivity index (χ3n) is 3.26. The number of fused-ring (bicyclic) bond motifs is 1. The molecule has 2 heterocycles. The Bertz CT molecular complexity index is 781. The van der Waals surface area contributed by atoms with Gasteiger partial charge in [-0.05, 0) is 37.6 Å². The second kappa shape index (κ2) is 5.32. The van der Waals surface area contributed by atoms with Crippen LogP contribution >= 0.6 is 0 Å². The fourth-order valence-electron chi connectivity index (χ4n) is 2.12.